The van der Waals surface area contributed by atoms with Crippen molar-refractivity contribution in [3.8, 4) is 0 Å². The minimum atomic E-state index is 0.488. The molecule has 2 heteroatoms. The third-order valence-electron chi connectivity index (χ3n) is 3.87. The number of rotatable bonds is 6. The van der Waals surface area contributed by atoms with Crippen LogP contribution in [-0.2, 0) is 0 Å². The summed E-state index contributed by atoms with van der Waals surface area (Å²) in [4.78, 5) is 2.34. The Morgan fingerprint density at radius 1 is 1.17 bits per heavy atom. The van der Waals surface area contributed by atoms with Crippen molar-refractivity contribution in [1.82, 2.24) is 10.2 Å². The molecule has 0 saturated heterocycles. The van der Waals surface area contributed by atoms with Gasteiger partial charge in [0.05, 0.1) is 0 Å². The van der Waals surface area contributed by atoms with Crippen molar-refractivity contribution in [3.05, 3.63) is 34.9 Å². The van der Waals surface area contributed by atoms with E-state index in [4.69, 9.17) is 0 Å². The first kappa shape index (κ1) is 15.2. The van der Waals surface area contributed by atoms with Gasteiger partial charge in [0.1, 0.15) is 0 Å². The van der Waals surface area contributed by atoms with E-state index in [-0.39, 0.29) is 0 Å². The van der Waals surface area contributed by atoms with Crippen LogP contribution in [0, 0.1) is 19.8 Å². The summed E-state index contributed by atoms with van der Waals surface area (Å²) in [5, 5.41) is 3.32. The predicted octanol–water partition coefficient (Wildman–Crippen LogP) is 3.15. The van der Waals surface area contributed by atoms with Gasteiger partial charge in [-0.2, -0.15) is 0 Å². The largest absolute Gasteiger partial charge is 0.319 e. The second-order valence-corrected chi connectivity index (χ2v) is 5.48. The molecule has 0 amide bonds. The predicted molar refractivity (Wildman–Crippen MR) is 80.1 cm³/mol. The lowest BCUT2D eigenvalue weighted by molar-refractivity contribution is 0.204. The fourth-order valence-electron chi connectivity index (χ4n) is 2.68. The third kappa shape index (κ3) is 3.56. The van der Waals surface area contributed by atoms with Crippen LogP contribution in [-0.4, -0.2) is 32.6 Å². The van der Waals surface area contributed by atoms with Crippen LogP contribution in [0.4, 0.5) is 0 Å². The SMILES string of the molecule is CCC(CNC)C(c1ccc(C)c(C)c1)N(C)C. The van der Waals surface area contributed by atoms with E-state index in [0.717, 1.165) is 6.54 Å². The quantitative estimate of drug-likeness (QED) is 0.832. The highest BCUT2D eigenvalue weighted by Crippen LogP contribution is 2.29. The Labute approximate surface area is 112 Å². The number of hydrogen-bond acceptors (Lipinski definition) is 2. The zero-order valence-electron chi connectivity index (χ0n) is 12.7. The molecule has 0 aliphatic heterocycles. The molecule has 0 aliphatic carbocycles. The molecule has 0 saturated carbocycles. The molecule has 2 atom stereocenters. The Kier molecular flexibility index (Phi) is 5.83. The zero-order chi connectivity index (χ0) is 13.7. The first-order chi connectivity index (χ1) is 8.51. The Bertz CT molecular complexity index is 371. The zero-order valence-corrected chi connectivity index (χ0v) is 12.7. The Balaban J connectivity index is 3.06. The molecular formula is C16H28N2. The van der Waals surface area contributed by atoms with E-state index in [0.29, 0.717) is 12.0 Å². The van der Waals surface area contributed by atoms with Crippen molar-refractivity contribution >= 4 is 0 Å². The summed E-state index contributed by atoms with van der Waals surface area (Å²) in [7, 11) is 6.39. The van der Waals surface area contributed by atoms with Crippen LogP contribution in [0.25, 0.3) is 0 Å². The topological polar surface area (TPSA) is 15.3 Å². The lowest BCUT2D eigenvalue weighted by Crippen LogP contribution is -2.33. The number of aryl methyl sites for hydroxylation is 2. The third-order valence-corrected chi connectivity index (χ3v) is 3.87. The maximum atomic E-state index is 3.32. The average molecular weight is 248 g/mol. The van der Waals surface area contributed by atoms with Crippen LogP contribution in [0.2, 0.25) is 0 Å². The van der Waals surface area contributed by atoms with Gasteiger partial charge in [0, 0.05) is 6.04 Å². The van der Waals surface area contributed by atoms with Gasteiger partial charge < -0.3 is 10.2 Å². The van der Waals surface area contributed by atoms with Gasteiger partial charge in [-0.1, -0.05) is 31.5 Å². The van der Waals surface area contributed by atoms with Crippen molar-refractivity contribution in [2.45, 2.75) is 33.2 Å². The monoisotopic (exact) mass is 248 g/mol. The Morgan fingerprint density at radius 3 is 2.28 bits per heavy atom. The smallest absolute Gasteiger partial charge is 0.0382 e. The summed E-state index contributed by atoms with van der Waals surface area (Å²) in [5.74, 6) is 0.645. The summed E-state index contributed by atoms with van der Waals surface area (Å²) in [6.07, 6.45) is 1.19. The molecule has 0 aliphatic rings. The van der Waals surface area contributed by atoms with Gasteiger partial charge in [0.15, 0.2) is 0 Å². The lowest BCUT2D eigenvalue weighted by atomic mass is 9.88. The molecule has 2 unspecified atom stereocenters. The number of benzene rings is 1. The molecule has 0 radical (unpaired) electrons. The number of nitrogens with zero attached hydrogens (tertiary/aromatic N) is 1. The van der Waals surface area contributed by atoms with Crippen LogP contribution in [0.1, 0.15) is 36.1 Å². The molecule has 1 aromatic carbocycles. The Hall–Kier alpha value is -0.860. The molecule has 102 valence electrons. The van der Waals surface area contributed by atoms with Gasteiger partial charge in [-0.3, -0.25) is 0 Å². The molecule has 0 aromatic heterocycles. The van der Waals surface area contributed by atoms with E-state index >= 15 is 0 Å². The number of hydrogen-bond donors (Lipinski definition) is 1. The molecule has 2 nitrogen and oxygen atoms in total. The maximum absolute atomic E-state index is 3.32. The minimum absolute atomic E-state index is 0.488. The molecule has 0 bridgehead atoms. The van der Waals surface area contributed by atoms with Crippen LogP contribution in [0.5, 0.6) is 0 Å². The molecule has 1 rings (SSSR count). The van der Waals surface area contributed by atoms with Crippen LogP contribution in [0.3, 0.4) is 0 Å². The average Bonchev–Trinajstić information content (AvgIpc) is 2.32. The van der Waals surface area contributed by atoms with E-state index in [2.05, 4.69) is 63.3 Å². The highest BCUT2D eigenvalue weighted by atomic mass is 15.1. The molecular weight excluding hydrogens is 220 g/mol. The van der Waals surface area contributed by atoms with Gasteiger partial charge in [0.2, 0.25) is 0 Å². The second-order valence-electron chi connectivity index (χ2n) is 5.48. The first-order valence-electron chi connectivity index (χ1n) is 6.89. The van der Waals surface area contributed by atoms with Gasteiger partial charge in [-0.25, -0.2) is 0 Å². The van der Waals surface area contributed by atoms with Crippen LogP contribution in [0.15, 0.2) is 18.2 Å². The van der Waals surface area contributed by atoms with Gasteiger partial charge >= 0.3 is 0 Å². The van der Waals surface area contributed by atoms with Crippen molar-refractivity contribution in [3.63, 3.8) is 0 Å². The fraction of sp³-hybridized carbons (Fsp3) is 0.625. The van der Waals surface area contributed by atoms with E-state index in [1.165, 1.54) is 23.1 Å². The van der Waals surface area contributed by atoms with Crippen molar-refractivity contribution in [1.29, 1.82) is 0 Å². The fourth-order valence-corrected chi connectivity index (χ4v) is 2.68. The summed E-state index contributed by atoms with van der Waals surface area (Å²) in [6, 6.07) is 7.36. The van der Waals surface area contributed by atoms with Crippen molar-refractivity contribution < 1.29 is 0 Å². The lowest BCUT2D eigenvalue weighted by Gasteiger charge is -2.32. The van der Waals surface area contributed by atoms with Gasteiger partial charge in [-0.05, 0) is 64.1 Å². The van der Waals surface area contributed by atoms with Crippen molar-refractivity contribution in [2.75, 3.05) is 27.7 Å². The van der Waals surface area contributed by atoms with Gasteiger partial charge in [0.25, 0.3) is 0 Å². The standard InChI is InChI=1S/C16H28N2/c1-7-14(11-17-4)16(18(5)6)15-9-8-12(2)13(3)10-15/h8-10,14,16-17H,7,11H2,1-6H3. The normalized spacial score (nSPS) is 14.8. The molecule has 1 aromatic rings. The summed E-state index contributed by atoms with van der Waals surface area (Å²) in [5.41, 5.74) is 4.20. The second kappa shape index (κ2) is 6.91. The molecule has 0 spiro atoms. The molecule has 0 fully saturated rings. The van der Waals surface area contributed by atoms with Gasteiger partial charge in [-0.15, -0.1) is 0 Å². The van der Waals surface area contributed by atoms with E-state index in [9.17, 15) is 0 Å². The maximum Gasteiger partial charge on any atom is 0.0382 e. The van der Waals surface area contributed by atoms with E-state index < -0.39 is 0 Å². The molecule has 0 heterocycles. The summed E-state index contributed by atoms with van der Waals surface area (Å²) in [6.45, 7) is 7.71. The van der Waals surface area contributed by atoms with E-state index in [1.807, 2.05) is 7.05 Å². The van der Waals surface area contributed by atoms with Crippen molar-refractivity contribution in [2.24, 2.45) is 5.92 Å². The van der Waals surface area contributed by atoms with Crippen LogP contribution < -0.4 is 5.32 Å². The molecule has 18 heavy (non-hydrogen) atoms. The first-order valence-corrected chi connectivity index (χ1v) is 6.89. The van der Waals surface area contributed by atoms with E-state index in [1.54, 1.807) is 0 Å². The minimum Gasteiger partial charge on any atom is -0.319 e. The number of nitrogens with one attached hydrogen (secondary N) is 1. The summed E-state index contributed by atoms with van der Waals surface area (Å²) < 4.78 is 0. The highest BCUT2D eigenvalue weighted by Gasteiger charge is 2.23. The molecule has 1 N–H and O–H groups in total. The van der Waals surface area contributed by atoms with Crippen LogP contribution >= 0.6 is 0 Å². The summed E-state index contributed by atoms with van der Waals surface area (Å²) >= 11 is 0. The Morgan fingerprint density at radius 2 is 1.83 bits per heavy atom. The highest BCUT2D eigenvalue weighted by molar-refractivity contribution is 5.32.